The van der Waals surface area contributed by atoms with Gasteiger partial charge in [0.25, 0.3) is 5.91 Å². The molecular formula is C22H23ClN2O4. The first-order valence-electron chi connectivity index (χ1n) is 9.50. The van der Waals surface area contributed by atoms with Gasteiger partial charge in [-0.15, -0.1) is 0 Å². The normalized spacial score (nSPS) is 16.0. The van der Waals surface area contributed by atoms with E-state index in [0.29, 0.717) is 10.7 Å². The first-order valence-corrected chi connectivity index (χ1v) is 9.88. The van der Waals surface area contributed by atoms with Crippen molar-refractivity contribution in [2.24, 2.45) is 5.92 Å². The Morgan fingerprint density at radius 2 is 1.97 bits per heavy atom. The van der Waals surface area contributed by atoms with Crippen molar-refractivity contribution in [3.05, 3.63) is 58.6 Å². The average Bonchev–Trinajstić information content (AvgIpc) is 3.11. The number of benzene rings is 2. The third-order valence-corrected chi connectivity index (χ3v) is 5.42. The fourth-order valence-electron chi connectivity index (χ4n) is 3.36. The molecule has 1 atom stereocenters. The third-order valence-electron chi connectivity index (χ3n) is 5.01. The molecular weight excluding hydrogens is 392 g/mol. The number of nitrogens with zero attached hydrogens (tertiary/aromatic N) is 1. The summed E-state index contributed by atoms with van der Waals surface area (Å²) in [7, 11) is 0. The van der Waals surface area contributed by atoms with Crippen LogP contribution in [0.15, 0.2) is 42.5 Å². The highest BCUT2D eigenvalue weighted by Gasteiger charge is 2.37. The summed E-state index contributed by atoms with van der Waals surface area (Å²) in [6, 6.07) is 12.8. The van der Waals surface area contributed by atoms with Crippen LogP contribution in [0.3, 0.4) is 0 Å². The summed E-state index contributed by atoms with van der Waals surface area (Å²) in [6.45, 7) is 3.65. The van der Waals surface area contributed by atoms with Crippen molar-refractivity contribution in [2.75, 3.05) is 23.4 Å². The maximum Gasteiger partial charge on any atom is 0.311 e. The maximum atomic E-state index is 12.4. The molecule has 1 aliphatic rings. The van der Waals surface area contributed by atoms with Gasteiger partial charge in [0, 0.05) is 29.4 Å². The number of para-hydroxylation sites is 1. The number of ether oxygens (including phenoxy) is 1. The summed E-state index contributed by atoms with van der Waals surface area (Å²) in [5, 5.41) is 3.22. The fraction of sp³-hybridized carbons (Fsp3) is 0.318. The lowest BCUT2D eigenvalue weighted by molar-refractivity contribution is -0.151. The first kappa shape index (κ1) is 20.9. The van der Waals surface area contributed by atoms with Crippen LogP contribution in [0.2, 0.25) is 5.02 Å². The number of nitrogens with one attached hydrogen (secondary N) is 1. The number of hydrogen-bond acceptors (Lipinski definition) is 4. The molecule has 0 radical (unpaired) electrons. The minimum Gasteiger partial charge on any atom is -0.455 e. The molecule has 2 aromatic rings. The van der Waals surface area contributed by atoms with Gasteiger partial charge >= 0.3 is 5.97 Å². The molecule has 0 aromatic heterocycles. The van der Waals surface area contributed by atoms with E-state index in [9.17, 15) is 14.4 Å². The number of rotatable bonds is 6. The number of carbonyl (C=O) groups is 3. The molecule has 0 spiro atoms. The SMILES string of the molecule is CCc1ccccc1N1C[C@@H](C(=O)OCC(=O)Nc2cccc(Cl)c2C)CC1=O. The van der Waals surface area contributed by atoms with Crippen LogP contribution in [0.1, 0.15) is 24.5 Å². The summed E-state index contributed by atoms with van der Waals surface area (Å²) in [6.07, 6.45) is 0.865. The van der Waals surface area contributed by atoms with Crippen LogP contribution in [0, 0.1) is 12.8 Å². The molecule has 1 saturated heterocycles. The van der Waals surface area contributed by atoms with E-state index in [-0.39, 0.29) is 18.9 Å². The van der Waals surface area contributed by atoms with Crippen LogP contribution in [-0.4, -0.2) is 30.9 Å². The molecule has 6 nitrogen and oxygen atoms in total. The number of hydrogen-bond donors (Lipinski definition) is 1. The van der Waals surface area contributed by atoms with Crippen LogP contribution in [0.4, 0.5) is 11.4 Å². The first-order chi connectivity index (χ1) is 13.9. The van der Waals surface area contributed by atoms with Gasteiger partial charge in [-0.3, -0.25) is 14.4 Å². The molecule has 0 unspecified atom stereocenters. The number of halogens is 1. The Bertz CT molecular complexity index is 944. The second-order valence-electron chi connectivity index (χ2n) is 6.96. The van der Waals surface area contributed by atoms with E-state index in [0.717, 1.165) is 23.2 Å². The second kappa shape index (κ2) is 9.09. The summed E-state index contributed by atoms with van der Waals surface area (Å²) < 4.78 is 5.16. The highest BCUT2D eigenvalue weighted by molar-refractivity contribution is 6.31. The van der Waals surface area contributed by atoms with Gasteiger partial charge in [-0.1, -0.05) is 42.8 Å². The highest BCUT2D eigenvalue weighted by Crippen LogP contribution is 2.29. The molecule has 0 bridgehead atoms. The molecule has 0 saturated carbocycles. The van der Waals surface area contributed by atoms with E-state index in [1.54, 1.807) is 30.0 Å². The molecule has 1 aliphatic heterocycles. The lowest BCUT2D eigenvalue weighted by Crippen LogP contribution is -2.28. The standard InChI is InChI=1S/C22H23ClN2O4/c1-3-15-7-4-5-10-19(15)25-12-16(11-21(25)27)22(28)29-13-20(26)24-18-9-6-8-17(23)14(18)2/h4-10,16H,3,11-13H2,1-2H3,(H,24,26)/t16-/m0/s1. The van der Waals surface area contributed by atoms with E-state index < -0.39 is 24.4 Å². The molecule has 2 amide bonds. The third kappa shape index (κ3) is 4.77. The zero-order valence-electron chi connectivity index (χ0n) is 16.4. The molecule has 152 valence electrons. The van der Waals surface area contributed by atoms with E-state index in [4.69, 9.17) is 16.3 Å². The van der Waals surface area contributed by atoms with Gasteiger partial charge < -0.3 is 15.0 Å². The quantitative estimate of drug-likeness (QED) is 0.730. The number of esters is 1. The minimum absolute atomic E-state index is 0.0753. The largest absolute Gasteiger partial charge is 0.455 e. The molecule has 7 heteroatoms. The van der Waals surface area contributed by atoms with Crippen molar-refractivity contribution in [1.29, 1.82) is 0 Å². The Morgan fingerprint density at radius 1 is 1.21 bits per heavy atom. The maximum absolute atomic E-state index is 12.4. The Kier molecular flexibility index (Phi) is 6.54. The number of carbonyl (C=O) groups excluding carboxylic acids is 3. The minimum atomic E-state index is -0.590. The number of anilines is 2. The van der Waals surface area contributed by atoms with Crippen LogP contribution >= 0.6 is 11.6 Å². The van der Waals surface area contributed by atoms with Crippen molar-refractivity contribution < 1.29 is 19.1 Å². The monoisotopic (exact) mass is 414 g/mol. The van der Waals surface area contributed by atoms with Crippen molar-refractivity contribution in [1.82, 2.24) is 0 Å². The Labute approximate surface area is 174 Å². The number of aryl methyl sites for hydroxylation is 1. The summed E-state index contributed by atoms with van der Waals surface area (Å²) in [5.41, 5.74) is 3.17. The van der Waals surface area contributed by atoms with E-state index in [1.807, 2.05) is 31.2 Å². The Hall–Kier alpha value is -2.86. The van der Waals surface area contributed by atoms with Crippen LogP contribution < -0.4 is 10.2 Å². The van der Waals surface area contributed by atoms with Gasteiger partial charge in [0.15, 0.2) is 6.61 Å². The zero-order chi connectivity index (χ0) is 21.0. The molecule has 3 rings (SSSR count). The number of amides is 2. The molecule has 1 heterocycles. The second-order valence-corrected chi connectivity index (χ2v) is 7.36. The van der Waals surface area contributed by atoms with E-state index >= 15 is 0 Å². The highest BCUT2D eigenvalue weighted by atomic mass is 35.5. The Balaban J connectivity index is 1.57. The van der Waals surface area contributed by atoms with Gasteiger partial charge in [0.05, 0.1) is 5.92 Å². The molecule has 1 N–H and O–H groups in total. The smallest absolute Gasteiger partial charge is 0.311 e. The summed E-state index contributed by atoms with van der Waals surface area (Å²) in [4.78, 5) is 38.6. The van der Waals surface area contributed by atoms with E-state index in [2.05, 4.69) is 5.32 Å². The fourth-order valence-corrected chi connectivity index (χ4v) is 3.53. The zero-order valence-corrected chi connectivity index (χ0v) is 17.2. The Morgan fingerprint density at radius 3 is 2.72 bits per heavy atom. The van der Waals surface area contributed by atoms with Crippen LogP contribution in [0.5, 0.6) is 0 Å². The molecule has 1 fully saturated rings. The topological polar surface area (TPSA) is 75.7 Å². The summed E-state index contributed by atoms with van der Waals surface area (Å²) in [5.74, 6) is -1.71. The van der Waals surface area contributed by atoms with Gasteiger partial charge in [-0.05, 0) is 42.7 Å². The summed E-state index contributed by atoms with van der Waals surface area (Å²) >= 11 is 6.04. The van der Waals surface area contributed by atoms with Gasteiger partial charge in [0.1, 0.15) is 0 Å². The van der Waals surface area contributed by atoms with Crippen molar-refractivity contribution in [3.63, 3.8) is 0 Å². The van der Waals surface area contributed by atoms with Crippen LogP contribution in [0.25, 0.3) is 0 Å². The molecule has 2 aromatic carbocycles. The lowest BCUT2D eigenvalue weighted by Gasteiger charge is -2.19. The van der Waals surface area contributed by atoms with Crippen molar-refractivity contribution in [2.45, 2.75) is 26.7 Å². The van der Waals surface area contributed by atoms with Gasteiger partial charge in [-0.2, -0.15) is 0 Å². The van der Waals surface area contributed by atoms with Crippen molar-refractivity contribution >= 4 is 40.8 Å². The van der Waals surface area contributed by atoms with Crippen molar-refractivity contribution in [3.8, 4) is 0 Å². The molecule has 29 heavy (non-hydrogen) atoms. The van der Waals surface area contributed by atoms with Gasteiger partial charge in [-0.25, -0.2) is 0 Å². The molecule has 0 aliphatic carbocycles. The average molecular weight is 415 g/mol. The predicted octanol–water partition coefficient (Wildman–Crippen LogP) is 3.75. The van der Waals surface area contributed by atoms with Gasteiger partial charge in [0.2, 0.25) is 5.91 Å². The van der Waals surface area contributed by atoms with Crippen LogP contribution in [-0.2, 0) is 25.5 Å². The lowest BCUT2D eigenvalue weighted by atomic mass is 10.1. The predicted molar refractivity (Wildman–Crippen MR) is 112 cm³/mol. The van der Waals surface area contributed by atoms with E-state index in [1.165, 1.54) is 0 Å².